The third-order valence-corrected chi connectivity index (χ3v) is 3.91. The van der Waals surface area contributed by atoms with Crippen LogP contribution in [0, 0.1) is 0 Å². The lowest BCUT2D eigenvalue weighted by molar-refractivity contribution is -0.137. The second-order valence-corrected chi connectivity index (χ2v) is 5.39. The zero-order chi connectivity index (χ0) is 14.8. The summed E-state index contributed by atoms with van der Waals surface area (Å²) in [5.41, 5.74) is 10.2. The first kappa shape index (κ1) is 17.7. The zero-order valence-electron chi connectivity index (χ0n) is 11.9. The minimum atomic E-state index is -0.748. The van der Waals surface area contributed by atoms with Crippen molar-refractivity contribution in [2.45, 2.75) is 30.8 Å². The van der Waals surface area contributed by atoms with Crippen LogP contribution in [0.5, 0.6) is 0 Å². The molecule has 6 N–H and O–H groups in total. The van der Waals surface area contributed by atoms with Crippen molar-refractivity contribution in [1.82, 2.24) is 15.5 Å². The number of nitrogens with zero attached hydrogens (tertiary/aromatic N) is 1. The number of hydrogen-bond donors (Lipinski definition) is 4. The number of nitrogens with two attached hydrogens (primary N) is 2. The summed E-state index contributed by atoms with van der Waals surface area (Å²) < 4.78 is 0. The fourth-order valence-corrected chi connectivity index (χ4v) is 2.73. The van der Waals surface area contributed by atoms with E-state index in [1.54, 1.807) is 4.90 Å². The summed E-state index contributed by atoms with van der Waals surface area (Å²) in [6.45, 7) is 2.00. The van der Waals surface area contributed by atoms with E-state index >= 15 is 0 Å². The van der Waals surface area contributed by atoms with Crippen molar-refractivity contribution < 1.29 is 14.4 Å². The highest BCUT2D eigenvalue weighted by Gasteiger charge is 2.46. The Balaban J connectivity index is 0.00000220. The van der Waals surface area contributed by atoms with Gasteiger partial charge in [-0.3, -0.25) is 14.4 Å². The Morgan fingerprint density at radius 3 is 2.67 bits per heavy atom. The number of primary amides is 1. The summed E-state index contributed by atoms with van der Waals surface area (Å²) in [7, 11) is 0. The molecule has 8 nitrogen and oxygen atoms in total. The minimum Gasteiger partial charge on any atom is -0.370 e. The molecule has 1 spiro atoms. The van der Waals surface area contributed by atoms with Gasteiger partial charge in [-0.2, -0.15) is 13.5 Å². The normalized spacial score (nSPS) is 26.1. The maximum atomic E-state index is 12.2. The largest absolute Gasteiger partial charge is 0.370 e. The fraction of sp³-hybridized carbons (Fsp3) is 0.750. The third-order valence-electron chi connectivity index (χ3n) is 3.91. The highest BCUT2D eigenvalue weighted by atomic mass is 32.1. The second kappa shape index (κ2) is 7.10. The summed E-state index contributed by atoms with van der Waals surface area (Å²) in [4.78, 5) is 36.5. The van der Waals surface area contributed by atoms with Crippen LogP contribution in [0.4, 0.5) is 0 Å². The molecule has 9 heteroatoms. The Hall–Kier alpha value is -1.32. The molecule has 0 radical (unpaired) electrons. The van der Waals surface area contributed by atoms with Crippen LogP contribution >= 0.6 is 13.5 Å². The van der Waals surface area contributed by atoms with E-state index in [1.807, 2.05) is 0 Å². The molecule has 0 aliphatic carbocycles. The van der Waals surface area contributed by atoms with Gasteiger partial charge in [0.05, 0.1) is 6.04 Å². The lowest BCUT2D eigenvalue weighted by Gasteiger charge is -2.40. The summed E-state index contributed by atoms with van der Waals surface area (Å²) in [6, 6.07) is -0.748. The van der Waals surface area contributed by atoms with Crippen LogP contribution in [0.3, 0.4) is 0 Å². The van der Waals surface area contributed by atoms with Crippen LogP contribution in [-0.4, -0.2) is 60.4 Å². The van der Waals surface area contributed by atoms with E-state index in [0.717, 1.165) is 0 Å². The number of amides is 3. The molecule has 2 saturated heterocycles. The average molecular weight is 317 g/mol. The molecule has 0 saturated carbocycles. The topological polar surface area (TPSA) is 131 Å². The number of piperazine rings is 1. The van der Waals surface area contributed by atoms with Gasteiger partial charge >= 0.3 is 0 Å². The molecule has 120 valence electrons. The van der Waals surface area contributed by atoms with Crippen LogP contribution < -0.4 is 22.1 Å². The van der Waals surface area contributed by atoms with Crippen LogP contribution in [0.25, 0.3) is 0 Å². The number of nitrogens with one attached hydrogen (secondary N) is 2. The molecule has 21 heavy (non-hydrogen) atoms. The first-order chi connectivity index (χ1) is 9.44. The van der Waals surface area contributed by atoms with E-state index in [1.165, 1.54) is 0 Å². The Labute approximate surface area is 130 Å². The molecule has 2 atom stereocenters. The molecule has 2 aliphatic heterocycles. The second-order valence-electron chi connectivity index (χ2n) is 5.39. The number of rotatable bonds is 4. The van der Waals surface area contributed by atoms with Gasteiger partial charge in [0, 0.05) is 32.6 Å². The maximum Gasteiger partial charge on any atom is 0.242 e. The van der Waals surface area contributed by atoms with E-state index in [0.29, 0.717) is 32.6 Å². The Morgan fingerprint density at radius 1 is 1.38 bits per heavy atom. The highest BCUT2D eigenvalue weighted by Crippen LogP contribution is 2.21. The van der Waals surface area contributed by atoms with Gasteiger partial charge in [0.15, 0.2) is 0 Å². The Bertz CT molecular complexity index is 433. The van der Waals surface area contributed by atoms with Crippen LogP contribution in [0.1, 0.15) is 19.3 Å². The van der Waals surface area contributed by atoms with E-state index in [2.05, 4.69) is 10.6 Å². The SMILES string of the molecule is NC(=O)CC[C@H](N)C(=O)N1CCNC2(CCNC2=O)C1.S. The van der Waals surface area contributed by atoms with Crippen LogP contribution in [-0.2, 0) is 14.4 Å². The molecule has 2 fully saturated rings. The fourth-order valence-electron chi connectivity index (χ4n) is 2.73. The van der Waals surface area contributed by atoms with Crippen molar-refractivity contribution in [3.05, 3.63) is 0 Å². The van der Waals surface area contributed by atoms with Gasteiger partial charge < -0.3 is 27.0 Å². The summed E-state index contributed by atoms with van der Waals surface area (Å²) in [5, 5.41) is 5.97. The summed E-state index contributed by atoms with van der Waals surface area (Å²) in [6.07, 6.45) is 0.980. The van der Waals surface area contributed by atoms with Crippen molar-refractivity contribution in [2.24, 2.45) is 11.5 Å². The first-order valence-corrected chi connectivity index (χ1v) is 6.81. The smallest absolute Gasteiger partial charge is 0.242 e. The van der Waals surface area contributed by atoms with E-state index in [4.69, 9.17) is 11.5 Å². The third kappa shape index (κ3) is 3.86. The molecule has 0 aromatic rings. The van der Waals surface area contributed by atoms with Crippen molar-refractivity contribution in [3.63, 3.8) is 0 Å². The predicted octanol–water partition coefficient (Wildman–Crippen LogP) is -2.62. The molecule has 0 aromatic heterocycles. The van der Waals surface area contributed by atoms with Crippen LogP contribution in [0.15, 0.2) is 0 Å². The molecule has 2 rings (SSSR count). The number of hydrogen-bond acceptors (Lipinski definition) is 5. The Morgan fingerprint density at radius 2 is 2.10 bits per heavy atom. The lowest BCUT2D eigenvalue weighted by Crippen LogP contribution is -2.66. The average Bonchev–Trinajstić information content (AvgIpc) is 2.76. The molecular formula is C12H23N5O3S. The van der Waals surface area contributed by atoms with Crippen molar-refractivity contribution >= 4 is 31.2 Å². The van der Waals surface area contributed by atoms with Gasteiger partial charge in [0.1, 0.15) is 5.54 Å². The molecule has 3 amide bonds. The molecule has 0 aromatic carbocycles. The zero-order valence-corrected chi connectivity index (χ0v) is 12.9. The minimum absolute atomic E-state index is 0. The van der Waals surface area contributed by atoms with E-state index < -0.39 is 17.5 Å². The lowest BCUT2D eigenvalue weighted by atomic mass is 9.94. The Kier molecular flexibility index (Phi) is 5.99. The molecule has 2 aliphatic rings. The summed E-state index contributed by atoms with van der Waals surface area (Å²) >= 11 is 0. The maximum absolute atomic E-state index is 12.2. The van der Waals surface area contributed by atoms with Gasteiger partial charge in [-0.05, 0) is 12.8 Å². The van der Waals surface area contributed by atoms with Crippen molar-refractivity contribution in [3.8, 4) is 0 Å². The van der Waals surface area contributed by atoms with Gasteiger partial charge in [-0.1, -0.05) is 0 Å². The molecule has 2 heterocycles. The standard InChI is InChI=1S/C12H21N5O3.H2S/c13-8(1-2-9(14)18)10(19)17-6-5-16-12(7-17)3-4-15-11(12)20;/h8,16H,1-7,13H2,(H2,14,18)(H,15,20);1H2/t8-,12?;/m0./s1. The monoisotopic (exact) mass is 317 g/mol. The first-order valence-electron chi connectivity index (χ1n) is 6.81. The van der Waals surface area contributed by atoms with Gasteiger partial charge in [0.2, 0.25) is 17.7 Å². The van der Waals surface area contributed by atoms with Gasteiger partial charge in [-0.25, -0.2) is 0 Å². The summed E-state index contributed by atoms with van der Waals surface area (Å²) in [5.74, 6) is -0.771. The van der Waals surface area contributed by atoms with Crippen molar-refractivity contribution in [2.75, 3.05) is 26.2 Å². The molecular weight excluding hydrogens is 294 g/mol. The quantitative estimate of drug-likeness (QED) is 0.451. The van der Waals surface area contributed by atoms with Crippen molar-refractivity contribution in [1.29, 1.82) is 0 Å². The molecule has 0 bridgehead atoms. The van der Waals surface area contributed by atoms with E-state index in [9.17, 15) is 14.4 Å². The van der Waals surface area contributed by atoms with Crippen LogP contribution in [0.2, 0.25) is 0 Å². The number of carbonyl (C=O) groups excluding carboxylic acids is 3. The molecule has 1 unspecified atom stereocenters. The van der Waals surface area contributed by atoms with Gasteiger partial charge in [-0.15, -0.1) is 0 Å². The predicted molar refractivity (Wildman–Crippen MR) is 81.7 cm³/mol. The van der Waals surface area contributed by atoms with E-state index in [-0.39, 0.29) is 38.2 Å². The van der Waals surface area contributed by atoms with Gasteiger partial charge in [0.25, 0.3) is 0 Å². The highest BCUT2D eigenvalue weighted by molar-refractivity contribution is 7.59. The number of carbonyl (C=O) groups is 3.